The molecular formula is C22H21FN6O2. The van der Waals surface area contributed by atoms with Crippen molar-refractivity contribution in [3.63, 3.8) is 0 Å². The average molecular weight is 420 g/mol. The van der Waals surface area contributed by atoms with Gasteiger partial charge in [0.25, 0.3) is 5.91 Å². The Hall–Kier alpha value is -3.62. The summed E-state index contributed by atoms with van der Waals surface area (Å²) in [5.41, 5.74) is 3.00. The van der Waals surface area contributed by atoms with Crippen LogP contribution >= 0.6 is 0 Å². The van der Waals surface area contributed by atoms with E-state index in [1.165, 1.54) is 23.3 Å². The lowest BCUT2D eigenvalue weighted by molar-refractivity contribution is 0.0780. The second-order valence-corrected chi connectivity index (χ2v) is 7.85. The molecule has 0 bridgehead atoms. The Bertz CT molecular complexity index is 1180. The number of aryl methyl sites for hydroxylation is 1. The highest BCUT2D eigenvalue weighted by atomic mass is 19.1. The van der Waals surface area contributed by atoms with E-state index in [4.69, 9.17) is 4.74 Å². The number of hydrogen-bond donors (Lipinski definition) is 0. The van der Waals surface area contributed by atoms with Crippen molar-refractivity contribution in [1.82, 2.24) is 29.9 Å². The van der Waals surface area contributed by atoms with E-state index in [9.17, 15) is 9.18 Å². The quantitative estimate of drug-likeness (QED) is 0.645. The first-order valence-electron chi connectivity index (χ1n) is 10.1. The molecule has 1 aromatic carbocycles. The smallest absolute Gasteiger partial charge is 0.259 e. The summed E-state index contributed by atoms with van der Waals surface area (Å²) in [6.45, 7) is 2.97. The second-order valence-electron chi connectivity index (χ2n) is 7.85. The van der Waals surface area contributed by atoms with Gasteiger partial charge in [-0.2, -0.15) is 15.0 Å². The molecule has 2 atom stereocenters. The molecule has 2 aliphatic rings. The topological polar surface area (TPSA) is 86.0 Å². The molecule has 1 saturated heterocycles. The minimum absolute atomic E-state index is 0.00547. The van der Waals surface area contributed by atoms with Crippen molar-refractivity contribution in [1.29, 1.82) is 0 Å². The maximum atomic E-state index is 14.7. The normalized spacial score (nSPS) is 20.0. The van der Waals surface area contributed by atoms with Gasteiger partial charge in [-0.3, -0.25) is 4.79 Å². The van der Waals surface area contributed by atoms with E-state index >= 15 is 0 Å². The third-order valence-corrected chi connectivity index (χ3v) is 5.87. The zero-order valence-corrected chi connectivity index (χ0v) is 17.2. The molecule has 31 heavy (non-hydrogen) atoms. The monoisotopic (exact) mass is 420 g/mol. The third-order valence-electron chi connectivity index (χ3n) is 5.87. The van der Waals surface area contributed by atoms with Crippen molar-refractivity contribution in [2.45, 2.75) is 13.3 Å². The van der Waals surface area contributed by atoms with Crippen LogP contribution in [0.2, 0.25) is 0 Å². The molecule has 158 valence electrons. The first-order valence-corrected chi connectivity index (χ1v) is 10.1. The van der Waals surface area contributed by atoms with Gasteiger partial charge in [0.2, 0.25) is 5.88 Å². The average Bonchev–Trinajstić information content (AvgIpc) is 3.49. The molecule has 0 saturated carbocycles. The lowest BCUT2D eigenvalue weighted by Gasteiger charge is -2.19. The number of likely N-dealkylation sites (tertiary alicyclic amines) is 1. The summed E-state index contributed by atoms with van der Waals surface area (Å²) >= 11 is 0. The fourth-order valence-corrected chi connectivity index (χ4v) is 4.47. The van der Waals surface area contributed by atoms with E-state index in [2.05, 4.69) is 26.2 Å². The zero-order chi connectivity index (χ0) is 21.5. The summed E-state index contributed by atoms with van der Waals surface area (Å²) in [4.78, 5) is 25.2. The Balaban J connectivity index is 1.40. The maximum Gasteiger partial charge on any atom is 0.259 e. The maximum absolute atomic E-state index is 14.7. The highest BCUT2D eigenvalue weighted by molar-refractivity contribution is 5.98. The molecule has 3 heterocycles. The molecule has 1 amide bonds. The van der Waals surface area contributed by atoms with Gasteiger partial charge in [0.1, 0.15) is 22.8 Å². The molecule has 1 fully saturated rings. The number of halogens is 1. The minimum atomic E-state index is -0.576. The summed E-state index contributed by atoms with van der Waals surface area (Å²) in [6, 6.07) is 4.49. The van der Waals surface area contributed by atoms with Gasteiger partial charge in [-0.05, 0) is 42.9 Å². The molecule has 1 aliphatic carbocycles. The third kappa shape index (κ3) is 3.35. The van der Waals surface area contributed by atoms with Crippen LogP contribution < -0.4 is 4.74 Å². The first kappa shape index (κ1) is 19.3. The number of ether oxygens (including phenoxy) is 1. The fourth-order valence-electron chi connectivity index (χ4n) is 4.47. The summed E-state index contributed by atoms with van der Waals surface area (Å²) in [7, 11) is 1.58. The molecule has 9 heteroatoms. The number of carbonyl (C=O) groups is 1. The van der Waals surface area contributed by atoms with Gasteiger partial charge >= 0.3 is 0 Å². The van der Waals surface area contributed by atoms with Crippen LogP contribution in [0.15, 0.2) is 42.9 Å². The van der Waals surface area contributed by atoms with Crippen LogP contribution in [0.25, 0.3) is 11.3 Å². The minimum Gasteiger partial charge on any atom is -0.479 e. The first-order chi connectivity index (χ1) is 15.0. The van der Waals surface area contributed by atoms with Gasteiger partial charge < -0.3 is 9.64 Å². The summed E-state index contributed by atoms with van der Waals surface area (Å²) in [5.74, 6) is 0.0241. The predicted molar refractivity (Wildman–Crippen MR) is 110 cm³/mol. The summed E-state index contributed by atoms with van der Waals surface area (Å²) in [5, 5.41) is 8.11. The number of benzene rings is 1. The van der Waals surface area contributed by atoms with E-state index in [1.54, 1.807) is 30.3 Å². The van der Waals surface area contributed by atoms with Crippen molar-refractivity contribution < 1.29 is 13.9 Å². The second kappa shape index (κ2) is 7.57. The molecule has 3 aromatic rings. The van der Waals surface area contributed by atoms with Crippen molar-refractivity contribution in [2.24, 2.45) is 11.8 Å². The standard InChI is InChI=1S/C22H21FN6O2/c1-13-10-24-21(31-2)20(27-13)14-8-15-11-28(12-16(15)9-14)22(30)19-17(23)4-3-5-18(19)29-25-6-7-26-29/h3-8,10,15-16H,9,11-12H2,1-2H3. The Morgan fingerprint density at radius 3 is 2.77 bits per heavy atom. The lowest BCUT2D eigenvalue weighted by atomic mass is 9.99. The molecule has 2 aromatic heterocycles. The van der Waals surface area contributed by atoms with E-state index in [0.29, 0.717) is 24.7 Å². The Labute approximate surface area is 178 Å². The van der Waals surface area contributed by atoms with Crippen molar-refractivity contribution >= 4 is 11.5 Å². The van der Waals surface area contributed by atoms with Crippen LogP contribution in [0, 0.1) is 24.6 Å². The highest BCUT2D eigenvalue weighted by Gasteiger charge is 2.40. The van der Waals surface area contributed by atoms with Gasteiger partial charge in [0.05, 0.1) is 31.4 Å². The Morgan fingerprint density at radius 2 is 2.03 bits per heavy atom. The predicted octanol–water partition coefficient (Wildman–Crippen LogP) is 2.69. The zero-order valence-electron chi connectivity index (χ0n) is 17.2. The molecular weight excluding hydrogens is 399 g/mol. The number of hydrogen-bond acceptors (Lipinski definition) is 6. The SMILES string of the molecule is COc1ncc(C)nc1C1=CC2CN(C(=O)c3c(F)cccc3-n3nccn3)CC2C1. The number of carbonyl (C=O) groups excluding carboxylic acids is 1. The van der Waals surface area contributed by atoms with Crippen LogP contribution in [0.3, 0.4) is 0 Å². The summed E-state index contributed by atoms with van der Waals surface area (Å²) < 4.78 is 20.1. The molecule has 0 spiro atoms. The molecule has 1 aliphatic heterocycles. The number of aromatic nitrogens is 5. The van der Waals surface area contributed by atoms with Gasteiger partial charge in [-0.15, -0.1) is 0 Å². The van der Waals surface area contributed by atoms with Crippen molar-refractivity contribution in [2.75, 3.05) is 20.2 Å². The van der Waals surface area contributed by atoms with Crippen LogP contribution in [-0.2, 0) is 0 Å². The number of allylic oxidation sites excluding steroid dienone is 1. The van der Waals surface area contributed by atoms with E-state index in [-0.39, 0.29) is 23.3 Å². The van der Waals surface area contributed by atoms with Gasteiger partial charge in [0.15, 0.2) is 0 Å². The molecule has 8 nitrogen and oxygen atoms in total. The van der Waals surface area contributed by atoms with E-state index in [0.717, 1.165) is 23.4 Å². The molecule has 0 N–H and O–H groups in total. The summed E-state index contributed by atoms with van der Waals surface area (Å²) in [6.07, 6.45) is 7.59. The lowest BCUT2D eigenvalue weighted by Crippen LogP contribution is -2.31. The van der Waals surface area contributed by atoms with Crippen LogP contribution in [0.5, 0.6) is 5.88 Å². The Morgan fingerprint density at radius 1 is 1.23 bits per heavy atom. The van der Waals surface area contributed by atoms with E-state index < -0.39 is 5.82 Å². The highest BCUT2D eigenvalue weighted by Crippen LogP contribution is 2.42. The number of methoxy groups -OCH3 is 1. The number of rotatable bonds is 4. The van der Waals surface area contributed by atoms with Crippen LogP contribution in [0.4, 0.5) is 4.39 Å². The van der Waals surface area contributed by atoms with Gasteiger partial charge in [0, 0.05) is 13.1 Å². The van der Waals surface area contributed by atoms with E-state index in [1.807, 2.05) is 6.92 Å². The van der Waals surface area contributed by atoms with Gasteiger partial charge in [-0.25, -0.2) is 14.4 Å². The molecule has 0 radical (unpaired) electrons. The Kier molecular flexibility index (Phi) is 4.72. The molecule has 5 rings (SSSR count). The largest absolute Gasteiger partial charge is 0.479 e. The van der Waals surface area contributed by atoms with Crippen molar-refractivity contribution in [3.05, 3.63) is 65.6 Å². The van der Waals surface area contributed by atoms with Crippen LogP contribution in [-0.4, -0.2) is 56.0 Å². The van der Waals surface area contributed by atoms with Crippen LogP contribution in [0.1, 0.15) is 28.2 Å². The van der Waals surface area contributed by atoms with Crippen molar-refractivity contribution in [3.8, 4) is 11.6 Å². The number of amides is 1. The number of fused-ring (bicyclic) bond motifs is 1. The number of nitrogens with zero attached hydrogens (tertiary/aromatic N) is 6. The molecule has 2 unspecified atom stereocenters. The van der Waals surface area contributed by atoms with Gasteiger partial charge in [-0.1, -0.05) is 12.1 Å². The fraction of sp³-hybridized carbons (Fsp3) is 0.318.